The molecule has 0 aliphatic carbocycles. The number of nitrogens with one attached hydrogen (secondary N) is 2. The lowest BCUT2D eigenvalue weighted by Crippen LogP contribution is -2.14. The fourth-order valence-electron chi connectivity index (χ4n) is 2.51. The molecule has 27 heavy (non-hydrogen) atoms. The number of benzene rings is 2. The van der Waals surface area contributed by atoms with E-state index in [4.69, 9.17) is 5.14 Å². The lowest BCUT2D eigenvalue weighted by atomic mass is 10.0. The second-order valence-electron chi connectivity index (χ2n) is 6.09. The molecule has 0 aliphatic heterocycles. The third-order valence-corrected chi connectivity index (χ3v) is 5.17. The molecule has 9 heteroatoms. The Balaban J connectivity index is 1.80. The van der Waals surface area contributed by atoms with E-state index in [9.17, 15) is 18.3 Å². The number of aromatic hydroxyl groups is 1. The number of nitrogens with zero attached hydrogens (tertiary/aromatic N) is 1. The first kappa shape index (κ1) is 18.6. The van der Waals surface area contributed by atoms with E-state index >= 15 is 0 Å². The van der Waals surface area contributed by atoms with Crippen LogP contribution in [0.15, 0.2) is 47.4 Å². The Morgan fingerprint density at radius 2 is 1.81 bits per heavy atom. The van der Waals surface area contributed by atoms with Crippen LogP contribution < -0.4 is 10.5 Å². The zero-order valence-corrected chi connectivity index (χ0v) is 15.5. The lowest BCUT2D eigenvalue weighted by Gasteiger charge is -2.07. The fraction of sp³-hybridized carbons (Fsp3) is 0.111. The Bertz CT molecular complexity index is 1120. The zero-order chi connectivity index (χ0) is 19.8. The molecule has 3 aromatic rings. The van der Waals surface area contributed by atoms with Crippen LogP contribution in [0.25, 0.3) is 11.3 Å². The van der Waals surface area contributed by atoms with Crippen LogP contribution in [0.5, 0.6) is 5.75 Å². The summed E-state index contributed by atoms with van der Waals surface area (Å²) in [6, 6.07) is 10.6. The van der Waals surface area contributed by atoms with Crippen molar-refractivity contribution in [2.24, 2.45) is 5.14 Å². The third kappa shape index (κ3) is 3.83. The summed E-state index contributed by atoms with van der Waals surface area (Å²) in [4.78, 5) is 12.3. The number of nitrogens with two attached hydrogens (primary N) is 1. The van der Waals surface area contributed by atoms with Gasteiger partial charge in [-0.15, -0.1) is 0 Å². The molecule has 0 unspecified atom stereocenters. The molecule has 8 nitrogen and oxygen atoms in total. The van der Waals surface area contributed by atoms with E-state index in [1.54, 1.807) is 13.0 Å². The third-order valence-electron chi connectivity index (χ3n) is 4.24. The largest absolute Gasteiger partial charge is 0.507 e. The van der Waals surface area contributed by atoms with E-state index in [0.717, 1.165) is 11.1 Å². The van der Waals surface area contributed by atoms with Gasteiger partial charge in [-0.25, -0.2) is 13.6 Å². The molecule has 0 atom stereocenters. The number of carbonyl (C=O) groups excluding carboxylic acids is 1. The number of hydrogen-bond donors (Lipinski definition) is 4. The summed E-state index contributed by atoms with van der Waals surface area (Å²) in [5, 5.41) is 24.7. The average molecular weight is 386 g/mol. The Morgan fingerprint density at radius 1 is 1.15 bits per heavy atom. The first-order valence-electron chi connectivity index (χ1n) is 7.96. The molecule has 0 saturated heterocycles. The van der Waals surface area contributed by atoms with Gasteiger partial charge in [0.1, 0.15) is 11.4 Å². The fourth-order valence-corrected chi connectivity index (χ4v) is 3.03. The van der Waals surface area contributed by atoms with Crippen LogP contribution in [-0.4, -0.2) is 29.6 Å². The summed E-state index contributed by atoms with van der Waals surface area (Å²) >= 11 is 0. The van der Waals surface area contributed by atoms with Crippen LogP contribution in [0.3, 0.4) is 0 Å². The molecule has 3 rings (SSSR count). The van der Waals surface area contributed by atoms with Gasteiger partial charge in [0.15, 0.2) is 0 Å². The number of aromatic nitrogens is 2. The monoisotopic (exact) mass is 386 g/mol. The SMILES string of the molecule is Cc1ccc(-c2cc(C(=O)Nc3ccc(S(N)(=O)=O)cc3)[nH]n2)c(O)c1C. The molecule has 0 radical (unpaired) electrons. The predicted molar refractivity (Wildman–Crippen MR) is 101 cm³/mol. The van der Waals surface area contributed by atoms with Gasteiger partial charge in [-0.05, 0) is 61.4 Å². The Morgan fingerprint density at radius 3 is 2.44 bits per heavy atom. The molecule has 1 amide bonds. The summed E-state index contributed by atoms with van der Waals surface area (Å²) < 4.78 is 22.5. The van der Waals surface area contributed by atoms with Gasteiger partial charge in [0.2, 0.25) is 10.0 Å². The minimum Gasteiger partial charge on any atom is -0.507 e. The number of sulfonamides is 1. The maximum Gasteiger partial charge on any atom is 0.273 e. The number of rotatable bonds is 4. The lowest BCUT2D eigenvalue weighted by molar-refractivity contribution is 0.102. The second kappa shape index (κ2) is 6.86. The number of carbonyl (C=O) groups is 1. The molecule has 0 aliphatic rings. The molecule has 0 fully saturated rings. The highest BCUT2D eigenvalue weighted by molar-refractivity contribution is 7.89. The van der Waals surface area contributed by atoms with Gasteiger partial charge < -0.3 is 10.4 Å². The first-order chi connectivity index (χ1) is 12.7. The number of H-pyrrole nitrogens is 1. The highest BCUT2D eigenvalue weighted by Gasteiger charge is 2.15. The maximum atomic E-state index is 12.4. The van der Waals surface area contributed by atoms with E-state index in [0.29, 0.717) is 16.9 Å². The van der Waals surface area contributed by atoms with Crippen LogP contribution in [0.2, 0.25) is 0 Å². The minimum absolute atomic E-state index is 0.0467. The quantitative estimate of drug-likeness (QED) is 0.545. The van der Waals surface area contributed by atoms with E-state index in [1.165, 1.54) is 30.3 Å². The van der Waals surface area contributed by atoms with Crippen LogP contribution >= 0.6 is 0 Å². The first-order valence-corrected chi connectivity index (χ1v) is 9.50. The summed E-state index contributed by atoms with van der Waals surface area (Å²) in [5.74, 6) is -0.340. The van der Waals surface area contributed by atoms with Crippen molar-refractivity contribution in [2.75, 3.05) is 5.32 Å². The van der Waals surface area contributed by atoms with E-state index in [2.05, 4.69) is 15.5 Å². The number of phenolic OH excluding ortho intramolecular Hbond substituents is 1. The summed E-state index contributed by atoms with van der Waals surface area (Å²) in [6.07, 6.45) is 0. The number of aryl methyl sites for hydroxylation is 1. The Kier molecular flexibility index (Phi) is 4.73. The highest BCUT2D eigenvalue weighted by atomic mass is 32.2. The average Bonchev–Trinajstić information content (AvgIpc) is 3.09. The predicted octanol–water partition coefficient (Wildman–Crippen LogP) is 2.30. The molecule has 1 heterocycles. The van der Waals surface area contributed by atoms with Crippen molar-refractivity contribution in [3.63, 3.8) is 0 Å². The zero-order valence-electron chi connectivity index (χ0n) is 14.6. The van der Waals surface area contributed by atoms with E-state index in [1.807, 2.05) is 13.0 Å². The van der Waals surface area contributed by atoms with Crippen molar-refractivity contribution < 1.29 is 18.3 Å². The summed E-state index contributed by atoms with van der Waals surface area (Å²) in [7, 11) is -3.79. The Labute approximate surface area is 156 Å². The van der Waals surface area contributed by atoms with Gasteiger partial charge in [0, 0.05) is 11.3 Å². The van der Waals surface area contributed by atoms with Crippen molar-refractivity contribution in [1.29, 1.82) is 0 Å². The van der Waals surface area contributed by atoms with E-state index < -0.39 is 15.9 Å². The minimum atomic E-state index is -3.79. The molecule has 0 spiro atoms. The molecule has 140 valence electrons. The molecular formula is C18H18N4O4S. The van der Waals surface area contributed by atoms with E-state index in [-0.39, 0.29) is 16.3 Å². The van der Waals surface area contributed by atoms with Crippen molar-refractivity contribution in [3.05, 3.63) is 59.3 Å². The smallest absolute Gasteiger partial charge is 0.273 e. The van der Waals surface area contributed by atoms with Gasteiger partial charge in [0.25, 0.3) is 5.91 Å². The van der Waals surface area contributed by atoms with Gasteiger partial charge in [0.05, 0.1) is 10.6 Å². The number of aromatic amines is 1. The number of anilines is 1. The normalized spacial score (nSPS) is 11.4. The van der Waals surface area contributed by atoms with Crippen LogP contribution in [0, 0.1) is 13.8 Å². The van der Waals surface area contributed by atoms with Crippen molar-refractivity contribution in [3.8, 4) is 17.0 Å². The number of phenols is 1. The van der Waals surface area contributed by atoms with Crippen LogP contribution in [-0.2, 0) is 10.0 Å². The van der Waals surface area contributed by atoms with Crippen molar-refractivity contribution in [1.82, 2.24) is 10.2 Å². The Hall–Kier alpha value is -3.17. The second-order valence-corrected chi connectivity index (χ2v) is 7.66. The standard InChI is InChI=1S/C18H18N4O4S/c1-10-3-8-14(17(23)11(10)2)15-9-16(22-21-15)18(24)20-12-4-6-13(7-5-12)27(19,25)26/h3-9,23H,1-2H3,(H,20,24)(H,21,22)(H2,19,25,26). The molecule has 1 aromatic heterocycles. The van der Waals surface area contributed by atoms with Gasteiger partial charge in [-0.1, -0.05) is 6.07 Å². The highest BCUT2D eigenvalue weighted by Crippen LogP contribution is 2.32. The molecule has 5 N–H and O–H groups in total. The molecule has 0 saturated carbocycles. The summed E-state index contributed by atoms with van der Waals surface area (Å²) in [5.41, 5.74) is 3.25. The number of amides is 1. The van der Waals surface area contributed by atoms with Crippen LogP contribution in [0.1, 0.15) is 21.6 Å². The number of hydrogen-bond acceptors (Lipinski definition) is 5. The molecule has 0 bridgehead atoms. The van der Waals surface area contributed by atoms with Crippen molar-refractivity contribution in [2.45, 2.75) is 18.7 Å². The molecule has 2 aromatic carbocycles. The topological polar surface area (TPSA) is 138 Å². The van der Waals surface area contributed by atoms with Gasteiger partial charge in [-0.2, -0.15) is 5.10 Å². The molecular weight excluding hydrogens is 368 g/mol. The summed E-state index contributed by atoms with van der Waals surface area (Å²) in [6.45, 7) is 3.70. The van der Waals surface area contributed by atoms with Gasteiger partial charge >= 0.3 is 0 Å². The number of primary sulfonamides is 1. The maximum absolute atomic E-state index is 12.4. The van der Waals surface area contributed by atoms with Crippen molar-refractivity contribution >= 4 is 21.6 Å². The van der Waals surface area contributed by atoms with Gasteiger partial charge in [-0.3, -0.25) is 9.89 Å². The van der Waals surface area contributed by atoms with Crippen LogP contribution in [0.4, 0.5) is 5.69 Å².